The van der Waals surface area contributed by atoms with E-state index in [2.05, 4.69) is 11.6 Å². The van der Waals surface area contributed by atoms with Crippen LogP contribution in [0.1, 0.15) is 12.0 Å². The average molecular weight is 493 g/mol. The molecule has 0 spiro atoms. The largest absolute Gasteiger partial charge is 0.392 e. The molecule has 0 N–H and O–H groups in total. The molecule has 0 saturated heterocycles. The molecule has 0 amide bonds. The Morgan fingerprint density at radius 2 is 1.42 bits per heavy atom. The number of alkyl halides is 9. The molecule has 0 aromatic heterocycles. The Bertz CT molecular complexity index is 580. The van der Waals surface area contributed by atoms with Crippen molar-refractivity contribution in [2.24, 2.45) is 0 Å². The van der Waals surface area contributed by atoms with Gasteiger partial charge in [-0.3, -0.25) is 0 Å². The highest BCUT2D eigenvalue weighted by Crippen LogP contribution is 2.55. The predicted molar refractivity (Wildman–Crippen MR) is 82.5 cm³/mol. The molecule has 0 aliphatic carbocycles. The molecule has 0 aliphatic heterocycles. The Morgan fingerprint density at radius 3 is 1.88 bits per heavy atom. The van der Waals surface area contributed by atoms with Crippen molar-refractivity contribution in [3.63, 3.8) is 0 Å². The lowest BCUT2D eigenvalue weighted by atomic mass is 10.0. The van der Waals surface area contributed by atoms with E-state index in [4.69, 9.17) is 0 Å². The Labute approximate surface area is 151 Å². The molecule has 10 heteroatoms. The molecule has 0 saturated carbocycles. The van der Waals surface area contributed by atoms with E-state index in [-0.39, 0.29) is 10.0 Å². The smallest absolute Gasteiger partial charge is 0.199 e. The van der Waals surface area contributed by atoms with Gasteiger partial charge in [0.2, 0.25) is 0 Å². The van der Waals surface area contributed by atoms with E-state index in [1.807, 2.05) is 0 Å². The first-order valence-corrected chi connectivity index (χ1v) is 7.76. The van der Waals surface area contributed by atoms with Crippen LogP contribution in [-0.2, 0) is 6.42 Å². The zero-order chi connectivity index (χ0) is 18.8. The van der Waals surface area contributed by atoms with E-state index in [1.54, 1.807) is 30.3 Å². The predicted octanol–water partition coefficient (Wildman–Crippen LogP) is 6.68. The summed E-state index contributed by atoms with van der Waals surface area (Å²) in [7, 11) is 0. The molecule has 0 bridgehead atoms. The van der Waals surface area contributed by atoms with Crippen LogP contribution in [0.3, 0.4) is 0 Å². The van der Waals surface area contributed by atoms with Crippen molar-refractivity contribution in [1.29, 1.82) is 0 Å². The molecule has 136 valence electrons. The normalized spacial score (nSPS) is 14.8. The molecule has 0 unspecified atom stereocenters. The van der Waals surface area contributed by atoms with E-state index >= 15 is 0 Å². The first kappa shape index (κ1) is 21.5. The molecule has 0 nitrogen and oxygen atoms in total. The van der Waals surface area contributed by atoms with Gasteiger partial charge < -0.3 is 0 Å². The van der Waals surface area contributed by atoms with Crippen LogP contribution >= 0.6 is 34.2 Å². The van der Waals surface area contributed by atoms with Crippen molar-refractivity contribution in [3.05, 3.63) is 45.6 Å². The minimum atomic E-state index is -6.42. The van der Waals surface area contributed by atoms with Gasteiger partial charge in [0.15, 0.2) is 0 Å². The summed E-state index contributed by atoms with van der Waals surface area (Å²) < 4.78 is 104. The lowest BCUT2D eigenvalue weighted by Gasteiger charge is -2.34. The molecule has 1 aromatic carbocycles. The number of allylic oxidation sites excluding steroid dienone is 2. The molecule has 1 rings (SSSR count). The molecule has 0 aliphatic rings. The standard InChI is InChI=1S/C14H10ClF8I/c15-14(22,23)13(20,21)12(18,19)11(16,17)8-10(24)7-6-9-4-2-1-3-5-9/h1-5,7H,6,8H2/b10-7-. The summed E-state index contributed by atoms with van der Waals surface area (Å²) in [6.45, 7) is 0. The molecule has 0 atom stereocenters. The van der Waals surface area contributed by atoms with Crippen molar-refractivity contribution in [2.45, 2.75) is 36.0 Å². The Balaban J connectivity index is 2.95. The molecule has 0 radical (unpaired) electrons. The lowest BCUT2D eigenvalue weighted by molar-refractivity contribution is -0.347. The highest BCUT2D eigenvalue weighted by atomic mass is 127. The first-order chi connectivity index (χ1) is 10.7. The molecular weight excluding hydrogens is 482 g/mol. The third kappa shape index (κ3) is 4.53. The Hall–Kier alpha value is -0.580. The van der Waals surface area contributed by atoms with Crippen LogP contribution in [0.25, 0.3) is 0 Å². The van der Waals surface area contributed by atoms with E-state index < -0.39 is 29.6 Å². The Kier molecular flexibility index (Phi) is 6.57. The summed E-state index contributed by atoms with van der Waals surface area (Å²) in [4.78, 5) is 0. The van der Waals surface area contributed by atoms with Crippen LogP contribution in [0.2, 0.25) is 0 Å². The highest BCUT2D eigenvalue weighted by molar-refractivity contribution is 14.1. The third-order valence-electron chi connectivity index (χ3n) is 3.00. The van der Waals surface area contributed by atoms with Crippen LogP contribution in [0.5, 0.6) is 0 Å². The molecular formula is C14H10ClF8I. The van der Waals surface area contributed by atoms with Gasteiger partial charge >= 0.3 is 23.1 Å². The zero-order valence-electron chi connectivity index (χ0n) is 11.7. The van der Waals surface area contributed by atoms with E-state index in [9.17, 15) is 35.1 Å². The van der Waals surface area contributed by atoms with Crippen LogP contribution < -0.4 is 0 Å². The lowest BCUT2D eigenvalue weighted by Crippen LogP contribution is -2.60. The molecule has 1 aromatic rings. The maximum absolute atomic E-state index is 13.5. The van der Waals surface area contributed by atoms with Crippen molar-refractivity contribution < 1.29 is 35.1 Å². The second-order valence-corrected chi connectivity index (χ2v) is 6.73. The molecule has 0 fully saturated rings. The van der Waals surface area contributed by atoms with Crippen molar-refractivity contribution in [3.8, 4) is 0 Å². The van der Waals surface area contributed by atoms with E-state index in [0.29, 0.717) is 5.56 Å². The summed E-state index contributed by atoms with van der Waals surface area (Å²) in [5.41, 5.74) is 0.666. The van der Waals surface area contributed by atoms with Gasteiger partial charge in [-0.15, -0.1) is 0 Å². The summed E-state index contributed by atoms with van der Waals surface area (Å²) in [6, 6.07) is 8.27. The maximum atomic E-state index is 13.5. The van der Waals surface area contributed by atoms with E-state index in [0.717, 1.165) is 6.08 Å². The van der Waals surface area contributed by atoms with Gasteiger partial charge in [0.1, 0.15) is 0 Å². The fourth-order valence-electron chi connectivity index (χ4n) is 1.65. The average Bonchev–Trinajstić information content (AvgIpc) is 2.44. The number of hydrogen-bond donors (Lipinski definition) is 0. The Morgan fingerprint density at radius 1 is 0.917 bits per heavy atom. The van der Waals surface area contributed by atoms with E-state index in [1.165, 1.54) is 22.6 Å². The third-order valence-corrected chi connectivity index (χ3v) is 4.06. The van der Waals surface area contributed by atoms with Crippen LogP contribution in [0.4, 0.5) is 35.1 Å². The summed E-state index contributed by atoms with van der Waals surface area (Å²) in [5.74, 6) is -18.2. The highest BCUT2D eigenvalue weighted by Gasteiger charge is 2.80. The summed E-state index contributed by atoms with van der Waals surface area (Å²) in [5, 5.41) is -5.82. The van der Waals surface area contributed by atoms with Gasteiger partial charge in [0, 0.05) is 6.42 Å². The number of rotatable bonds is 7. The fraction of sp³-hybridized carbons (Fsp3) is 0.429. The first-order valence-electron chi connectivity index (χ1n) is 6.31. The summed E-state index contributed by atoms with van der Waals surface area (Å²) in [6.07, 6.45) is -0.615. The second kappa shape index (κ2) is 7.35. The van der Waals surface area contributed by atoms with Gasteiger partial charge in [-0.1, -0.05) is 36.4 Å². The van der Waals surface area contributed by atoms with Gasteiger partial charge in [0.05, 0.1) is 0 Å². The number of hydrogen-bond acceptors (Lipinski definition) is 0. The van der Waals surface area contributed by atoms with Crippen LogP contribution in [0.15, 0.2) is 40.0 Å². The number of benzene rings is 1. The number of halogens is 10. The maximum Gasteiger partial charge on any atom is 0.392 e. The summed E-state index contributed by atoms with van der Waals surface area (Å²) >= 11 is 5.15. The van der Waals surface area contributed by atoms with Crippen molar-refractivity contribution >= 4 is 34.2 Å². The van der Waals surface area contributed by atoms with Gasteiger partial charge in [0.25, 0.3) is 0 Å². The quantitative estimate of drug-likeness (QED) is 0.226. The second-order valence-electron chi connectivity index (χ2n) is 4.87. The SMILES string of the molecule is FC(F)(Cl)C(F)(F)C(F)(F)C(F)(F)C/C(I)=C/Cc1ccccc1. The molecule has 24 heavy (non-hydrogen) atoms. The van der Waals surface area contributed by atoms with Crippen molar-refractivity contribution in [2.75, 3.05) is 0 Å². The molecule has 0 heterocycles. The monoisotopic (exact) mass is 492 g/mol. The minimum absolute atomic E-state index is 0.0861. The van der Waals surface area contributed by atoms with Crippen LogP contribution in [0, 0.1) is 0 Å². The van der Waals surface area contributed by atoms with Crippen molar-refractivity contribution in [1.82, 2.24) is 0 Å². The van der Waals surface area contributed by atoms with Gasteiger partial charge in [-0.2, -0.15) is 35.1 Å². The van der Waals surface area contributed by atoms with Gasteiger partial charge in [-0.25, -0.2) is 0 Å². The zero-order valence-corrected chi connectivity index (χ0v) is 14.6. The van der Waals surface area contributed by atoms with Gasteiger partial charge in [-0.05, 0) is 49.8 Å². The van der Waals surface area contributed by atoms with Crippen LogP contribution in [-0.4, -0.2) is 23.1 Å². The topological polar surface area (TPSA) is 0 Å². The minimum Gasteiger partial charge on any atom is -0.199 e. The fourth-order valence-corrected chi connectivity index (χ4v) is 2.46.